The highest BCUT2D eigenvalue weighted by Gasteiger charge is 2.04. The number of hydrogen-bond acceptors (Lipinski definition) is 2. The van der Waals surface area contributed by atoms with Crippen molar-refractivity contribution in [3.8, 4) is 0 Å². The summed E-state index contributed by atoms with van der Waals surface area (Å²) in [5, 5.41) is 0. The lowest BCUT2D eigenvalue weighted by atomic mass is 10.2. The van der Waals surface area contributed by atoms with Crippen molar-refractivity contribution < 1.29 is 0 Å². The van der Waals surface area contributed by atoms with Gasteiger partial charge in [0.15, 0.2) is 0 Å². The molecular formula is C13H20ClNS. The van der Waals surface area contributed by atoms with Crippen LogP contribution in [-0.4, -0.2) is 35.9 Å². The van der Waals surface area contributed by atoms with Crippen LogP contribution in [0.25, 0.3) is 0 Å². The van der Waals surface area contributed by atoms with Crippen molar-refractivity contribution in [3.63, 3.8) is 0 Å². The monoisotopic (exact) mass is 257 g/mol. The molecule has 0 aliphatic rings. The summed E-state index contributed by atoms with van der Waals surface area (Å²) in [5.41, 5.74) is 1.37. The van der Waals surface area contributed by atoms with Crippen LogP contribution in [-0.2, 0) is 6.54 Å². The Morgan fingerprint density at radius 1 is 1.19 bits per heavy atom. The SMILES string of the molecule is CSCCCN(CCCl)Cc1ccccc1. The van der Waals surface area contributed by atoms with Gasteiger partial charge in [0.25, 0.3) is 0 Å². The van der Waals surface area contributed by atoms with Crippen molar-refractivity contribution in [1.29, 1.82) is 0 Å². The summed E-state index contributed by atoms with van der Waals surface area (Å²) in [4.78, 5) is 2.43. The Hall–Kier alpha value is -0.180. The summed E-state index contributed by atoms with van der Waals surface area (Å²) in [6.07, 6.45) is 3.40. The van der Waals surface area contributed by atoms with Gasteiger partial charge in [0.2, 0.25) is 0 Å². The van der Waals surface area contributed by atoms with Crippen molar-refractivity contribution in [2.24, 2.45) is 0 Å². The minimum absolute atomic E-state index is 0.714. The second kappa shape index (κ2) is 8.91. The van der Waals surface area contributed by atoms with Gasteiger partial charge in [0, 0.05) is 19.0 Å². The Balaban J connectivity index is 2.38. The average molecular weight is 258 g/mol. The Morgan fingerprint density at radius 3 is 2.56 bits per heavy atom. The quantitative estimate of drug-likeness (QED) is 0.518. The minimum atomic E-state index is 0.714. The zero-order valence-electron chi connectivity index (χ0n) is 9.86. The maximum Gasteiger partial charge on any atom is 0.0351 e. The van der Waals surface area contributed by atoms with E-state index in [0.29, 0.717) is 5.88 Å². The lowest BCUT2D eigenvalue weighted by Gasteiger charge is -2.21. The molecule has 0 heterocycles. The number of alkyl halides is 1. The summed E-state index contributed by atoms with van der Waals surface area (Å²) in [6.45, 7) is 3.13. The first-order chi connectivity index (χ1) is 7.86. The van der Waals surface area contributed by atoms with Crippen molar-refractivity contribution in [3.05, 3.63) is 35.9 Å². The van der Waals surface area contributed by atoms with Crippen LogP contribution in [0.1, 0.15) is 12.0 Å². The lowest BCUT2D eigenvalue weighted by molar-refractivity contribution is 0.283. The van der Waals surface area contributed by atoms with Crippen LogP contribution in [0.4, 0.5) is 0 Å². The molecule has 1 aromatic rings. The topological polar surface area (TPSA) is 3.24 Å². The largest absolute Gasteiger partial charge is 0.298 e. The predicted molar refractivity (Wildman–Crippen MR) is 75.4 cm³/mol. The molecule has 1 nitrogen and oxygen atoms in total. The van der Waals surface area contributed by atoms with Gasteiger partial charge < -0.3 is 0 Å². The van der Waals surface area contributed by atoms with Crippen LogP contribution in [0.5, 0.6) is 0 Å². The van der Waals surface area contributed by atoms with E-state index in [1.54, 1.807) is 0 Å². The van der Waals surface area contributed by atoms with E-state index in [1.807, 2.05) is 11.8 Å². The first-order valence-corrected chi connectivity index (χ1v) is 7.61. The second-order valence-corrected chi connectivity index (χ2v) is 5.16. The number of thioether (sulfide) groups is 1. The van der Waals surface area contributed by atoms with E-state index >= 15 is 0 Å². The van der Waals surface area contributed by atoms with Gasteiger partial charge in [0.1, 0.15) is 0 Å². The Morgan fingerprint density at radius 2 is 1.94 bits per heavy atom. The van der Waals surface area contributed by atoms with Crippen molar-refractivity contribution in [1.82, 2.24) is 4.90 Å². The van der Waals surface area contributed by atoms with Gasteiger partial charge in [-0.2, -0.15) is 11.8 Å². The molecule has 0 fully saturated rings. The molecule has 3 heteroatoms. The number of hydrogen-bond donors (Lipinski definition) is 0. The van der Waals surface area contributed by atoms with E-state index in [4.69, 9.17) is 11.6 Å². The molecule has 0 radical (unpaired) electrons. The molecule has 0 unspecified atom stereocenters. The minimum Gasteiger partial charge on any atom is -0.298 e. The lowest BCUT2D eigenvalue weighted by Crippen LogP contribution is -2.26. The molecule has 16 heavy (non-hydrogen) atoms. The highest BCUT2D eigenvalue weighted by Crippen LogP contribution is 2.06. The fourth-order valence-electron chi connectivity index (χ4n) is 1.66. The van der Waals surface area contributed by atoms with Crippen LogP contribution in [0, 0.1) is 0 Å². The average Bonchev–Trinajstić information content (AvgIpc) is 2.31. The van der Waals surface area contributed by atoms with E-state index in [0.717, 1.165) is 19.6 Å². The van der Waals surface area contributed by atoms with E-state index in [9.17, 15) is 0 Å². The Labute approximate surface area is 108 Å². The molecule has 0 spiro atoms. The van der Waals surface area contributed by atoms with Gasteiger partial charge in [-0.15, -0.1) is 11.6 Å². The Bertz CT molecular complexity index is 266. The zero-order chi connectivity index (χ0) is 11.6. The molecule has 0 amide bonds. The van der Waals surface area contributed by atoms with Crippen LogP contribution in [0.2, 0.25) is 0 Å². The van der Waals surface area contributed by atoms with Crippen molar-refractivity contribution >= 4 is 23.4 Å². The normalized spacial score (nSPS) is 10.9. The molecular weight excluding hydrogens is 238 g/mol. The molecule has 0 saturated carbocycles. The summed E-state index contributed by atoms with van der Waals surface area (Å²) in [7, 11) is 0. The van der Waals surface area contributed by atoms with Gasteiger partial charge in [-0.3, -0.25) is 4.90 Å². The third kappa shape index (κ3) is 5.78. The van der Waals surface area contributed by atoms with Gasteiger partial charge >= 0.3 is 0 Å². The number of rotatable bonds is 8. The molecule has 0 atom stereocenters. The van der Waals surface area contributed by atoms with E-state index in [1.165, 1.54) is 17.7 Å². The van der Waals surface area contributed by atoms with E-state index < -0.39 is 0 Å². The van der Waals surface area contributed by atoms with Gasteiger partial charge in [-0.1, -0.05) is 30.3 Å². The van der Waals surface area contributed by atoms with Gasteiger partial charge in [0.05, 0.1) is 0 Å². The van der Waals surface area contributed by atoms with Crippen LogP contribution < -0.4 is 0 Å². The predicted octanol–water partition coefficient (Wildman–Crippen LogP) is 3.48. The molecule has 90 valence electrons. The molecule has 0 saturated heterocycles. The third-order valence-corrected chi connectivity index (χ3v) is 3.34. The number of halogens is 1. The van der Waals surface area contributed by atoms with Crippen LogP contribution >= 0.6 is 23.4 Å². The smallest absolute Gasteiger partial charge is 0.0351 e. The summed E-state index contributed by atoms with van der Waals surface area (Å²) in [5.74, 6) is 1.94. The molecule has 0 bridgehead atoms. The summed E-state index contributed by atoms with van der Waals surface area (Å²) in [6, 6.07) is 10.6. The third-order valence-electron chi connectivity index (χ3n) is 2.47. The van der Waals surface area contributed by atoms with E-state index in [-0.39, 0.29) is 0 Å². The molecule has 0 aliphatic carbocycles. The van der Waals surface area contributed by atoms with Crippen LogP contribution in [0.15, 0.2) is 30.3 Å². The fourth-order valence-corrected chi connectivity index (χ4v) is 2.32. The standard InChI is InChI=1S/C13H20ClNS/c1-16-11-5-9-15(10-8-14)12-13-6-3-2-4-7-13/h2-4,6-7H,5,8-12H2,1H3. The van der Waals surface area contributed by atoms with Crippen molar-refractivity contribution in [2.75, 3.05) is 31.0 Å². The highest BCUT2D eigenvalue weighted by molar-refractivity contribution is 7.98. The first kappa shape index (κ1) is 13.9. The fraction of sp³-hybridized carbons (Fsp3) is 0.538. The maximum absolute atomic E-state index is 5.83. The molecule has 0 N–H and O–H groups in total. The summed E-state index contributed by atoms with van der Waals surface area (Å²) < 4.78 is 0. The second-order valence-electron chi connectivity index (χ2n) is 3.80. The van der Waals surface area contributed by atoms with Crippen molar-refractivity contribution in [2.45, 2.75) is 13.0 Å². The van der Waals surface area contributed by atoms with Gasteiger partial charge in [-0.25, -0.2) is 0 Å². The van der Waals surface area contributed by atoms with Crippen LogP contribution in [0.3, 0.4) is 0 Å². The van der Waals surface area contributed by atoms with E-state index in [2.05, 4.69) is 41.5 Å². The summed E-state index contributed by atoms with van der Waals surface area (Å²) >= 11 is 7.74. The zero-order valence-corrected chi connectivity index (χ0v) is 11.4. The molecule has 0 aliphatic heterocycles. The maximum atomic E-state index is 5.83. The highest BCUT2D eigenvalue weighted by atomic mass is 35.5. The molecule has 1 aromatic carbocycles. The first-order valence-electron chi connectivity index (χ1n) is 5.68. The molecule has 0 aromatic heterocycles. The Kier molecular flexibility index (Phi) is 7.73. The molecule has 1 rings (SSSR count). The van der Waals surface area contributed by atoms with Gasteiger partial charge in [-0.05, 0) is 30.5 Å². The number of nitrogens with zero attached hydrogens (tertiary/aromatic N) is 1. The number of benzene rings is 1.